The fourth-order valence-corrected chi connectivity index (χ4v) is 3.86. The molecule has 1 aliphatic heterocycles. The molecule has 1 heterocycles. The van der Waals surface area contributed by atoms with Crippen molar-refractivity contribution in [3.63, 3.8) is 0 Å². The summed E-state index contributed by atoms with van der Waals surface area (Å²) in [6.07, 6.45) is 5.77. The minimum absolute atomic E-state index is 0.0331. The van der Waals surface area contributed by atoms with Crippen molar-refractivity contribution in [2.24, 2.45) is 0 Å². The summed E-state index contributed by atoms with van der Waals surface area (Å²) in [6.45, 7) is 2.68. The molecule has 6 nitrogen and oxygen atoms in total. The largest absolute Gasteiger partial charge is 0.493 e. The molecule has 3 rings (SSSR count). The lowest BCUT2D eigenvalue weighted by molar-refractivity contribution is -0.122. The van der Waals surface area contributed by atoms with Gasteiger partial charge in [0.25, 0.3) is 11.8 Å². The van der Waals surface area contributed by atoms with Crippen LogP contribution in [0.25, 0.3) is 6.08 Å². The van der Waals surface area contributed by atoms with Gasteiger partial charge in [-0.25, -0.2) is 0 Å². The molecule has 0 saturated carbocycles. The van der Waals surface area contributed by atoms with E-state index in [9.17, 15) is 9.59 Å². The molecule has 2 aromatic carbocycles. The topological polar surface area (TPSA) is 67.9 Å². The molecule has 0 aromatic heterocycles. The molecular weight excluding hydrogens is 448 g/mol. The average molecular weight is 473 g/mol. The van der Waals surface area contributed by atoms with Crippen molar-refractivity contribution < 1.29 is 19.1 Å². The van der Waals surface area contributed by atoms with Gasteiger partial charge in [-0.3, -0.25) is 19.8 Å². The standard InChI is InChI=1S/C24H25ClN2O4S/c1-3-4-5-9-12-31-21-19(25)14-16(15-20(21)30-2)13-18-22(28)26-24(32)27(23(18)29)17-10-7-6-8-11-17/h6-8,10-11,13-15H,3-5,9,12H2,1-2H3,(H,26,28,32)/b18-13-. The van der Waals surface area contributed by atoms with Crippen LogP contribution in [0.2, 0.25) is 5.02 Å². The number of ether oxygens (including phenoxy) is 2. The Morgan fingerprint density at radius 2 is 1.88 bits per heavy atom. The smallest absolute Gasteiger partial charge is 0.270 e. The molecule has 0 atom stereocenters. The summed E-state index contributed by atoms with van der Waals surface area (Å²) in [5.74, 6) is -0.215. The van der Waals surface area contributed by atoms with Crippen molar-refractivity contribution >= 4 is 52.5 Å². The van der Waals surface area contributed by atoms with E-state index in [1.54, 1.807) is 36.4 Å². The van der Waals surface area contributed by atoms with Crippen molar-refractivity contribution in [1.29, 1.82) is 0 Å². The lowest BCUT2D eigenvalue weighted by atomic mass is 10.1. The van der Waals surface area contributed by atoms with Crippen molar-refractivity contribution in [3.05, 3.63) is 58.6 Å². The highest BCUT2D eigenvalue weighted by Crippen LogP contribution is 2.37. The van der Waals surface area contributed by atoms with E-state index in [0.717, 1.165) is 25.7 Å². The number of nitrogens with one attached hydrogen (secondary N) is 1. The Morgan fingerprint density at radius 3 is 2.56 bits per heavy atom. The van der Waals surface area contributed by atoms with Gasteiger partial charge in [0.2, 0.25) is 0 Å². The van der Waals surface area contributed by atoms with Crippen LogP contribution in [-0.2, 0) is 9.59 Å². The van der Waals surface area contributed by atoms with Gasteiger partial charge in [0.1, 0.15) is 5.57 Å². The molecule has 32 heavy (non-hydrogen) atoms. The highest BCUT2D eigenvalue weighted by molar-refractivity contribution is 7.80. The molecule has 2 amide bonds. The summed E-state index contributed by atoms with van der Waals surface area (Å²) < 4.78 is 11.3. The summed E-state index contributed by atoms with van der Waals surface area (Å²) in [6, 6.07) is 12.2. The molecular formula is C24H25ClN2O4S. The molecule has 168 valence electrons. The van der Waals surface area contributed by atoms with Crippen molar-refractivity contribution in [3.8, 4) is 11.5 Å². The first-order valence-corrected chi connectivity index (χ1v) is 11.2. The van der Waals surface area contributed by atoms with Crippen LogP contribution >= 0.6 is 23.8 Å². The van der Waals surface area contributed by atoms with Crippen molar-refractivity contribution in [2.75, 3.05) is 18.6 Å². The number of amides is 2. The van der Waals surface area contributed by atoms with Crippen LogP contribution in [0.5, 0.6) is 11.5 Å². The van der Waals surface area contributed by atoms with Gasteiger partial charge in [-0.1, -0.05) is 56.0 Å². The second-order valence-corrected chi connectivity index (χ2v) is 8.03. The number of anilines is 1. The van der Waals surface area contributed by atoms with Gasteiger partial charge in [0, 0.05) is 0 Å². The van der Waals surface area contributed by atoms with Gasteiger partial charge >= 0.3 is 0 Å². The van der Waals surface area contributed by atoms with Gasteiger partial charge in [-0.05, 0) is 54.5 Å². The van der Waals surface area contributed by atoms with Crippen LogP contribution in [-0.4, -0.2) is 30.6 Å². The molecule has 1 aliphatic rings. The second-order valence-electron chi connectivity index (χ2n) is 7.24. The SMILES string of the molecule is CCCCCCOc1c(Cl)cc(/C=C2/C(=O)NC(=S)N(c3ccccc3)C2=O)cc1OC. The molecule has 0 aliphatic carbocycles. The molecule has 0 bridgehead atoms. The Hall–Kier alpha value is -2.90. The van der Waals surface area contributed by atoms with E-state index in [2.05, 4.69) is 12.2 Å². The monoisotopic (exact) mass is 472 g/mol. The molecule has 1 saturated heterocycles. The number of carbonyl (C=O) groups excluding carboxylic acids is 2. The van der Waals surface area contributed by atoms with E-state index >= 15 is 0 Å². The van der Waals surface area contributed by atoms with E-state index < -0.39 is 11.8 Å². The van der Waals surface area contributed by atoms with Crippen LogP contribution in [0.3, 0.4) is 0 Å². The zero-order valence-electron chi connectivity index (χ0n) is 18.0. The van der Waals surface area contributed by atoms with Gasteiger partial charge in [0.15, 0.2) is 16.6 Å². The minimum Gasteiger partial charge on any atom is -0.493 e. The third kappa shape index (κ3) is 5.47. The first-order valence-electron chi connectivity index (χ1n) is 10.4. The fourth-order valence-electron chi connectivity index (χ4n) is 3.30. The Kier molecular flexibility index (Phi) is 8.25. The zero-order chi connectivity index (χ0) is 23.1. The highest BCUT2D eigenvalue weighted by Gasteiger charge is 2.34. The zero-order valence-corrected chi connectivity index (χ0v) is 19.6. The lowest BCUT2D eigenvalue weighted by Crippen LogP contribution is -2.54. The Labute approximate surface area is 198 Å². The molecule has 0 radical (unpaired) electrons. The summed E-state index contributed by atoms with van der Waals surface area (Å²) >= 11 is 11.7. The molecule has 8 heteroatoms. The third-order valence-electron chi connectivity index (χ3n) is 4.92. The number of hydrogen-bond acceptors (Lipinski definition) is 5. The normalized spacial score (nSPS) is 15.2. The summed E-state index contributed by atoms with van der Waals surface area (Å²) in [5.41, 5.74) is 1.04. The molecule has 0 spiro atoms. The predicted octanol–water partition coefficient (Wildman–Crippen LogP) is 5.14. The second kappa shape index (κ2) is 11.1. The molecule has 0 unspecified atom stereocenters. The first kappa shape index (κ1) is 23.8. The van der Waals surface area contributed by atoms with E-state index in [-0.39, 0.29) is 10.7 Å². The van der Waals surface area contributed by atoms with Gasteiger partial charge in [0.05, 0.1) is 24.4 Å². The maximum Gasteiger partial charge on any atom is 0.270 e. The van der Waals surface area contributed by atoms with Crippen LogP contribution in [0.1, 0.15) is 38.2 Å². The van der Waals surface area contributed by atoms with Crippen LogP contribution in [0, 0.1) is 0 Å². The fraction of sp³-hybridized carbons (Fsp3) is 0.292. The number of rotatable bonds is 9. The van der Waals surface area contributed by atoms with Crippen molar-refractivity contribution in [2.45, 2.75) is 32.6 Å². The van der Waals surface area contributed by atoms with Gasteiger partial charge in [-0.15, -0.1) is 0 Å². The number of halogens is 1. The van der Waals surface area contributed by atoms with E-state index in [0.29, 0.717) is 34.4 Å². The maximum absolute atomic E-state index is 13.1. The van der Waals surface area contributed by atoms with E-state index in [4.69, 9.17) is 33.3 Å². The third-order valence-corrected chi connectivity index (χ3v) is 5.49. The number of methoxy groups -OCH3 is 1. The molecule has 2 aromatic rings. The maximum atomic E-state index is 13.1. The number of para-hydroxylation sites is 1. The lowest BCUT2D eigenvalue weighted by Gasteiger charge is -2.28. The Balaban J connectivity index is 1.87. The summed E-state index contributed by atoms with van der Waals surface area (Å²) in [7, 11) is 1.51. The number of hydrogen-bond donors (Lipinski definition) is 1. The minimum atomic E-state index is -0.571. The van der Waals surface area contributed by atoms with Crippen LogP contribution in [0.15, 0.2) is 48.0 Å². The number of carbonyl (C=O) groups is 2. The number of unbranched alkanes of at least 4 members (excludes halogenated alkanes) is 3. The van der Waals surface area contributed by atoms with Crippen LogP contribution in [0.4, 0.5) is 5.69 Å². The van der Waals surface area contributed by atoms with E-state index in [1.165, 1.54) is 18.1 Å². The Bertz CT molecular complexity index is 1040. The number of nitrogens with zero attached hydrogens (tertiary/aromatic N) is 1. The predicted molar refractivity (Wildman–Crippen MR) is 130 cm³/mol. The molecule has 1 N–H and O–H groups in total. The number of benzene rings is 2. The molecule has 1 fully saturated rings. The average Bonchev–Trinajstić information content (AvgIpc) is 2.78. The van der Waals surface area contributed by atoms with Gasteiger partial charge in [-0.2, -0.15) is 0 Å². The van der Waals surface area contributed by atoms with Gasteiger partial charge < -0.3 is 9.47 Å². The highest BCUT2D eigenvalue weighted by atomic mass is 35.5. The summed E-state index contributed by atoms with van der Waals surface area (Å²) in [5, 5.41) is 2.94. The first-order chi connectivity index (χ1) is 15.5. The van der Waals surface area contributed by atoms with Crippen LogP contribution < -0.4 is 19.7 Å². The van der Waals surface area contributed by atoms with E-state index in [1.807, 2.05) is 6.07 Å². The van der Waals surface area contributed by atoms with Crippen molar-refractivity contribution in [1.82, 2.24) is 5.32 Å². The Morgan fingerprint density at radius 1 is 1.12 bits per heavy atom. The number of thiocarbonyl (C=S) groups is 1. The summed E-state index contributed by atoms with van der Waals surface area (Å²) in [4.78, 5) is 26.9. The quantitative estimate of drug-likeness (QED) is 0.237.